The molecule has 1 N–H and O–H groups in total. The van der Waals surface area contributed by atoms with E-state index in [0.717, 1.165) is 26.2 Å². The van der Waals surface area contributed by atoms with Gasteiger partial charge in [-0.3, -0.25) is 9.80 Å². The summed E-state index contributed by atoms with van der Waals surface area (Å²) < 4.78 is 25.3. The second-order valence-corrected chi connectivity index (χ2v) is 7.17. The van der Waals surface area contributed by atoms with Gasteiger partial charge in [0.05, 0.1) is 5.75 Å². The van der Waals surface area contributed by atoms with Crippen LogP contribution < -0.4 is 4.72 Å². The molecule has 1 heterocycles. The maximum atomic E-state index is 11.3. The monoisotopic (exact) mass is 277 g/mol. The number of rotatable bonds is 6. The van der Waals surface area contributed by atoms with Gasteiger partial charge in [-0.2, -0.15) is 0 Å². The number of sulfonamides is 1. The zero-order chi connectivity index (χ0) is 13.8. The van der Waals surface area contributed by atoms with Crippen LogP contribution in [0.15, 0.2) is 0 Å². The summed E-state index contributed by atoms with van der Waals surface area (Å²) in [6.45, 7) is 12.8. The van der Waals surface area contributed by atoms with Gasteiger partial charge in [0.1, 0.15) is 0 Å². The predicted octanol–water partition coefficient (Wildman–Crippen LogP) is 0.340. The van der Waals surface area contributed by atoms with Crippen molar-refractivity contribution < 1.29 is 8.42 Å². The van der Waals surface area contributed by atoms with Crippen LogP contribution in [-0.4, -0.2) is 68.8 Å². The van der Waals surface area contributed by atoms with Gasteiger partial charge in [0, 0.05) is 38.3 Å². The zero-order valence-corrected chi connectivity index (χ0v) is 12.8. The molecule has 0 spiro atoms. The van der Waals surface area contributed by atoms with Crippen molar-refractivity contribution in [2.75, 3.05) is 38.5 Å². The first-order valence-corrected chi connectivity index (χ1v) is 8.50. The van der Waals surface area contributed by atoms with Crippen LogP contribution in [0.5, 0.6) is 0 Å². The highest BCUT2D eigenvalue weighted by molar-refractivity contribution is 7.89. The molecule has 1 rings (SSSR count). The van der Waals surface area contributed by atoms with Gasteiger partial charge in [-0.25, -0.2) is 13.1 Å². The first-order valence-electron chi connectivity index (χ1n) is 6.85. The van der Waals surface area contributed by atoms with Gasteiger partial charge in [0.25, 0.3) is 0 Å². The lowest BCUT2D eigenvalue weighted by Crippen LogP contribution is -2.57. The van der Waals surface area contributed by atoms with E-state index in [2.05, 4.69) is 35.3 Å². The molecule has 0 amide bonds. The molecule has 1 saturated heterocycles. The average molecular weight is 277 g/mol. The Morgan fingerprint density at radius 1 is 1.11 bits per heavy atom. The first-order chi connectivity index (χ1) is 8.39. The fourth-order valence-electron chi connectivity index (χ4n) is 2.47. The van der Waals surface area contributed by atoms with E-state index in [4.69, 9.17) is 0 Å². The lowest BCUT2D eigenvalue weighted by atomic mass is 10.1. The minimum absolute atomic E-state index is 0.155. The molecule has 0 saturated carbocycles. The van der Waals surface area contributed by atoms with E-state index in [1.54, 1.807) is 6.92 Å². The van der Waals surface area contributed by atoms with Crippen molar-refractivity contribution in [3.63, 3.8) is 0 Å². The molecule has 0 bridgehead atoms. The summed E-state index contributed by atoms with van der Waals surface area (Å²) in [6.07, 6.45) is 0. The molecular weight excluding hydrogens is 250 g/mol. The largest absolute Gasteiger partial charge is 0.298 e. The third-order valence-corrected chi connectivity index (χ3v) is 5.16. The Kier molecular flexibility index (Phi) is 6.04. The van der Waals surface area contributed by atoms with Crippen molar-refractivity contribution in [3.8, 4) is 0 Å². The van der Waals surface area contributed by atoms with Crippen molar-refractivity contribution in [1.82, 2.24) is 14.5 Å². The number of nitrogens with one attached hydrogen (secondary N) is 1. The van der Waals surface area contributed by atoms with Gasteiger partial charge >= 0.3 is 0 Å². The highest BCUT2D eigenvalue weighted by Gasteiger charge is 2.27. The highest BCUT2D eigenvalue weighted by atomic mass is 32.2. The molecule has 18 heavy (non-hydrogen) atoms. The molecule has 1 aliphatic heterocycles. The van der Waals surface area contributed by atoms with Crippen LogP contribution in [0.25, 0.3) is 0 Å². The first kappa shape index (κ1) is 15.9. The van der Waals surface area contributed by atoms with Crippen LogP contribution in [0.4, 0.5) is 0 Å². The van der Waals surface area contributed by atoms with Crippen LogP contribution in [0.2, 0.25) is 0 Å². The molecule has 2 atom stereocenters. The Balaban J connectivity index is 2.39. The van der Waals surface area contributed by atoms with Gasteiger partial charge in [-0.1, -0.05) is 6.92 Å². The van der Waals surface area contributed by atoms with Crippen molar-refractivity contribution in [2.45, 2.75) is 39.8 Å². The summed E-state index contributed by atoms with van der Waals surface area (Å²) in [6, 6.07) is 1.04. The molecular formula is C12H27N3O2S. The van der Waals surface area contributed by atoms with Crippen molar-refractivity contribution in [3.05, 3.63) is 0 Å². The quantitative estimate of drug-likeness (QED) is 0.761. The molecule has 0 aliphatic carbocycles. The lowest BCUT2D eigenvalue weighted by molar-refractivity contribution is 0.0479. The minimum Gasteiger partial charge on any atom is -0.298 e. The molecule has 0 aromatic rings. The Morgan fingerprint density at radius 3 is 2.22 bits per heavy atom. The Morgan fingerprint density at radius 2 is 1.67 bits per heavy atom. The third-order valence-electron chi connectivity index (χ3n) is 3.75. The van der Waals surface area contributed by atoms with Gasteiger partial charge in [0.15, 0.2) is 0 Å². The normalized spacial score (nSPS) is 27.6. The number of piperazine rings is 1. The molecule has 6 heteroatoms. The average Bonchev–Trinajstić information content (AvgIpc) is 2.33. The number of likely N-dealkylation sites (N-methyl/N-ethyl adjacent to an activating group) is 1. The van der Waals surface area contributed by atoms with E-state index < -0.39 is 10.0 Å². The maximum absolute atomic E-state index is 11.3. The van der Waals surface area contributed by atoms with E-state index in [1.165, 1.54) is 0 Å². The topological polar surface area (TPSA) is 52.6 Å². The number of nitrogens with zero attached hydrogens (tertiary/aromatic N) is 2. The summed E-state index contributed by atoms with van der Waals surface area (Å²) in [7, 11) is -3.05. The molecule has 5 nitrogen and oxygen atoms in total. The van der Waals surface area contributed by atoms with Crippen molar-refractivity contribution in [2.24, 2.45) is 0 Å². The second-order valence-electron chi connectivity index (χ2n) is 5.08. The van der Waals surface area contributed by atoms with Gasteiger partial charge in [-0.05, 0) is 27.3 Å². The summed E-state index contributed by atoms with van der Waals surface area (Å²) >= 11 is 0. The number of hydrogen-bond acceptors (Lipinski definition) is 4. The molecule has 1 aliphatic rings. The SMILES string of the molecule is CCN1CC(C)N(CCNS(=O)(=O)CC)CC1C. The Labute approximate surface area is 112 Å². The standard InChI is InChI=1S/C12H27N3O2S/c1-5-14-9-12(4)15(10-11(14)3)8-7-13-18(16,17)6-2/h11-13H,5-10H2,1-4H3. The van der Waals surface area contributed by atoms with Crippen LogP contribution in [0.3, 0.4) is 0 Å². The van der Waals surface area contributed by atoms with E-state index in [-0.39, 0.29) is 5.75 Å². The van der Waals surface area contributed by atoms with Crippen LogP contribution in [0, 0.1) is 0 Å². The predicted molar refractivity (Wildman–Crippen MR) is 75.2 cm³/mol. The Bertz CT molecular complexity index is 345. The minimum atomic E-state index is -3.05. The van der Waals surface area contributed by atoms with Gasteiger partial charge in [0.2, 0.25) is 10.0 Å². The fourth-order valence-corrected chi connectivity index (χ4v) is 3.08. The van der Waals surface area contributed by atoms with Crippen molar-refractivity contribution in [1.29, 1.82) is 0 Å². The highest BCUT2D eigenvalue weighted by Crippen LogP contribution is 2.13. The van der Waals surface area contributed by atoms with E-state index >= 15 is 0 Å². The smallest absolute Gasteiger partial charge is 0.211 e. The van der Waals surface area contributed by atoms with E-state index in [1.807, 2.05) is 0 Å². The molecule has 0 radical (unpaired) electrons. The fraction of sp³-hybridized carbons (Fsp3) is 1.00. The van der Waals surface area contributed by atoms with Crippen LogP contribution in [-0.2, 0) is 10.0 Å². The van der Waals surface area contributed by atoms with Gasteiger partial charge in [-0.15, -0.1) is 0 Å². The Hall–Kier alpha value is -0.170. The summed E-state index contributed by atoms with van der Waals surface area (Å²) in [5.74, 6) is 0.155. The summed E-state index contributed by atoms with van der Waals surface area (Å²) in [5, 5.41) is 0. The molecule has 0 aromatic carbocycles. The van der Waals surface area contributed by atoms with E-state index in [9.17, 15) is 8.42 Å². The van der Waals surface area contributed by atoms with Crippen LogP contribution >= 0.6 is 0 Å². The van der Waals surface area contributed by atoms with Gasteiger partial charge < -0.3 is 0 Å². The van der Waals surface area contributed by atoms with Crippen molar-refractivity contribution >= 4 is 10.0 Å². The summed E-state index contributed by atoms with van der Waals surface area (Å²) in [5.41, 5.74) is 0. The summed E-state index contributed by atoms with van der Waals surface area (Å²) in [4.78, 5) is 4.84. The molecule has 2 unspecified atom stereocenters. The second kappa shape index (κ2) is 6.84. The zero-order valence-electron chi connectivity index (χ0n) is 12.0. The molecule has 0 aromatic heterocycles. The van der Waals surface area contributed by atoms with Crippen LogP contribution in [0.1, 0.15) is 27.7 Å². The number of hydrogen-bond donors (Lipinski definition) is 1. The lowest BCUT2D eigenvalue weighted by Gasteiger charge is -2.43. The molecule has 1 fully saturated rings. The maximum Gasteiger partial charge on any atom is 0.211 e. The van der Waals surface area contributed by atoms with E-state index in [0.29, 0.717) is 18.6 Å². The third kappa shape index (κ3) is 4.50. The molecule has 108 valence electrons.